The lowest BCUT2D eigenvalue weighted by molar-refractivity contribution is -0.137. The van der Waals surface area contributed by atoms with E-state index in [0.29, 0.717) is 11.1 Å². The lowest BCUT2D eigenvalue weighted by Gasteiger charge is -2.16. The van der Waals surface area contributed by atoms with Crippen molar-refractivity contribution in [3.8, 4) is 5.69 Å². The van der Waals surface area contributed by atoms with Crippen LogP contribution in [0.2, 0.25) is 0 Å². The first kappa shape index (κ1) is 21.2. The van der Waals surface area contributed by atoms with Crippen LogP contribution in [0, 0.1) is 19.7 Å². The van der Waals surface area contributed by atoms with E-state index in [2.05, 4.69) is 10.4 Å². The minimum Gasteiger partial charge on any atom is -0.346 e. The Kier molecular flexibility index (Phi) is 5.73. The summed E-state index contributed by atoms with van der Waals surface area (Å²) in [5, 5.41) is 6.32. The highest BCUT2D eigenvalue weighted by atomic mass is 19.4. The van der Waals surface area contributed by atoms with Gasteiger partial charge in [-0.1, -0.05) is 24.3 Å². The van der Waals surface area contributed by atoms with Gasteiger partial charge in [-0.15, -0.1) is 0 Å². The van der Waals surface area contributed by atoms with Crippen molar-refractivity contribution in [2.75, 3.05) is 0 Å². The van der Waals surface area contributed by atoms with E-state index in [0.717, 1.165) is 16.8 Å². The maximum atomic E-state index is 13.6. The topological polar surface area (TPSA) is 64.0 Å². The van der Waals surface area contributed by atoms with Gasteiger partial charge in [0.15, 0.2) is 5.69 Å². The van der Waals surface area contributed by atoms with Crippen molar-refractivity contribution in [2.24, 2.45) is 0 Å². The molecule has 0 aliphatic heterocycles. The number of aryl methyl sites for hydroxylation is 2. The Labute approximate surface area is 169 Å². The highest BCUT2D eigenvalue weighted by molar-refractivity contribution is 5.92. The van der Waals surface area contributed by atoms with Gasteiger partial charge in [0.25, 0.3) is 5.91 Å². The molecule has 1 aromatic heterocycles. The number of amides is 1. The second kappa shape index (κ2) is 8.10. The Balaban J connectivity index is 1.95. The van der Waals surface area contributed by atoms with Crippen molar-refractivity contribution in [1.82, 2.24) is 15.1 Å². The fourth-order valence-corrected chi connectivity index (χ4v) is 2.86. The molecule has 0 saturated heterocycles. The summed E-state index contributed by atoms with van der Waals surface area (Å²) in [5.41, 5.74) is -1.53. The number of hydrogen-bond acceptors (Lipinski definition) is 3. The maximum absolute atomic E-state index is 13.6. The smallest absolute Gasteiger partial charge is 0.346 e. The zero-order valence-corrected chi connectivity index (χ0v) is 16.0. The quantitative estimate of drug-likeness (QED) is 0.652. The van der Waals surface area contributed by atoms with E-state index in [4.69, 9.17) is 0 Å². The Morgan fingerprint density at radius 1 is 1.10 bits per heavy atom. The fourth-order valence-electron chi connectivity index (χ4n) is 2.86. The number of carbonyl (C=O) groups excluding carboxylic acids is 1. The van der Waals surface area contributed by atoms with Gasteiger partial charge in [0.2, 0.25) is 5.43 Å². The lowest BCUT2D eigenvalue weighted by Crippen LogP contribution is -2.32. The molecule has 156 valence electrons. The summed E-state index contributed by atoms with van der Waals surface area (Å²) in [6, 6.07) is 10.2. The molecule has 1 heterocycles. The van der Waals surface area contributed by atoms with E-state index in [1.54, 1.807) is 19.1 Å². The summed E-state index contributed by atoms with van der Waals surface area (Å²) in [4.78, 5) is 24.7. The molecule has 1 N–H and O–H groups in total. The average molecular weight is 419 g/mol. The molecule has 0 aliphatic rings. The molecule has 0 fully saturated rings. The summed E-state index contributed by atoms with van der Waals surface area (Å²) >= 11 is 0. The van der Waals surface area contributed by atoms with Gasteiger partial charge in [0.1, 0.15) is 5.82 Å². The maximum Gasteiger partial charge on any atom is 0.418 e. The molecule has 1 amide bonds. The Morgan fingerprint density at radius 3 is 2.47 bits per heavy atom. The molecule has 9 heteroatoms. The van der Waals surface area contributed by atoms with Crippen molar-refractivity contribution < 1.29 is 22.4 Å². The monoisotopic (exact) mass is 419 g/mol. The summed E-state index contributed by atoms with van der Waals surface area (Å²) in [5.74, 6) is -1.32. The van der Waals surface area contributed by atoms with E-state index >= 15 is 0 Å². The number of hydrogen-bond donors (Lipinski definition) is 1. The molecular weight excluding hydrogens is 402 g/mol. The Bertz CT molecular complexity index is 1170. The first-order valence-electron chi connectivity index (χ1n) is 8.88. The molecule has 0 atom stereocenters. The highest BCUT2D eigenvalue weighted by Crippen LogP contribution is 2.33. The van der Waals surface area contributed by atoms with Gasteiger partial charge < -0.3 is 5.32 Å². The largest absolute Gasteiger partial charge is 0.418 e. The minimum absolute atomic E-state index is 0.0792. The van der Waals surface area contributed by atoms with Crippen LogP contribution in [0.4, 0.5) is 17.6 Å². The summed E-state index contributed by atoms with van der Waals surface area (Å²) in [6.45, 7) is 2.93. The number of alkyl halides is 3. The number of aromatic nitrogens is 2. The second-order valence-electron chi connectivity index (χ2n) is 6.69. The van der Waals surface area contributed by atoms with Crippen LogP contribution < -0.4 is 10.7 Å². The van der Waals surface area contributed by atoms with Crippen LogP contribution in [0.3, 0.4) is 0 Å². The van der Waals surface area contributed by atoms with Crippen LogP contribution >= 0.6 is 0 Å². The van der Waals surface area contributed by atoms with E-state index in [1.807, 2.05) is 0 Å². The van der Waals surface area contributed by atoms with E-state index in [1.165, 1.54) is 31.2 Å². The van der Waals surface area contributed by atoms with Gasteiger partial charge in [-0.25, -0.2) is 9.07 Å². The lowest BCUT2D eigenvalue weighted by atomic mass is 10.1. The molecule has 3 aromatic rings. The van der Waals surface area contributed by atoms with Crippen molar-refractivity contribution >= 4 is 5.91 Å². The van der Waals surface area contributed by atoms with Crippen molar-refractivity contribution in [3.63, 3.8) is 0 Å². The van der Waals surface area contributed by atoms with Gasteiger partial charge in [-0.05, 0) is 43.2 Å². The third kappa shape index (κ3) is 4.40. The minimum atomic E-state index is -4.65. The zero-order chi connectivity index (χ0) is 22.1. The Hall–Kier alpha value is -3.49. The number of carbonyl (C=O) groups is 1. The molecule has 0 spiro atoms. The van der Waals surface area contributed by atoms with Crippen LogP contribution in [-0.4, -0.2) is 15.7 Å². The molecule has 0 saturated carbocycles. The van der Waals surface area contributed by atoms with E-state index in [9.17, 15) is 27.2 Å². The van der Waals surface area contributed by atoms with Gasteiger partial charge >= 0.3 is 6.18 Å². The standard InChI is InChI=1S/C21H17F4N3O2/c1-12-7-8-14(10-16(12)22)11-26-20(30)19-18(29)9-13(2)28(27-19)17-6-4-3-5-15(17)21(23,24)25/h3-10H,11H2,1-2H3,(H,26,30). The van der Waals surface area contributed by atoms with Gasteiger partial charge in [-0.2, -0.15) is 18.3 Å². The number of benzene rings is 2. The second-order valence-corrected chi connectivity index (χ2v) is 6.69. The molecule has 0 unspecified atom stereocenters. The van der Waals surface area contributed by atoms with E-state index < -0.39 is 34.6 Å². The summed E-state index contributed by atoms with van der Waals surface area (Å²) in [7, 11) is 0. The predicted octanol–water partition coefficient (Wildman–Crippen LogP) is 3.94. The van der Waals surface area contributed by atoms with Gasteiger partial charge in [0, 0.05) is 18.3 Å². The zero-order valence-electron chi connectivity index (χ0n) is 16.0. The number of nitrogens with one attached hydrogen (secondary N) is 1. The molecular formula is C21H17F4N3O2. The van der Waals surface area contributed by atoms with Gasteiger partial charge in [0.05, 0.1) is 11.3 Å². The summed E-state index contributed by atoms with van der Waals surface area (Å²) in [6.07, 6.45) is -4.65. The molecule has 0 radical (unpaired) electrons. The normalized spacial score (nSPS) is 11.4. The first-order chi connectivity index (χ1) is 14.1. The average Bonchev–Trinajstić information content (AvgIpc) is 2.68. The van der Waals surface area contributed by atoms with Crippen molar-refractivity contribution in [1.29, 1.82) is 0 Å². The van der Waals surface area contributed by atoms with Crippen LogP contribution in [0.5, 0.6) is 0 Å². The van der Waals surface area contributed by atoms with Gasteiger partial charge in [-0.3, -0.25) is 9.59 Å². The Morgan fingerprint density at radius 2 is 1.80 bits per heavy atom. The molecule has 30 heavy (non-hydrogen) atoms. The van der Waals surface area contributed by atoms with Crippen molar-refractivity contribution in [3.05, 3.63) is 92.6 Å². The first-order valence-corrected chi connectivity index (χ1v) is 8.88. The van der Waals surface area contributed by atoms with Crippen LogP contribution in [0.25, 0.3) is 5.69 Å². The van der Waals surface area contributed by atoms with Crippen LogP contribution in [0.1, 0.15) is 32.9 Å². The number of para-hydroxylation sites is 1. The SMILES string of the molecule is Cc1ccc(CNC(=O)c2nn(-c3ccccc3C(F)(F)F)c(C)cc2=O)cc1F. The third-order valence-corrected chi connectivity index (χ3v) is 4.45. The number of nitrogens with zero attached hydrogens (tertiary/aromatic N) is 2. The molecule has 0 bridgehead atoms. The number of rotatable bonds is 4. The fraction of sp³-hybridized carbons (Fsp3) is 0.190. The number of halogens is 4. The predicted molar refractivity (Wildman–Crippen MR) is 102 cm³/mol. The van der Waals surface area contributed by atoms with Crippen LogP contribution in [0.15, 0.2) is 53.3 Å². The molecule has 5 nitrogen and oxygen atoms in total. The van der Waals surface area contributed by atoms with Crippen LogP contribution in [-0.2, 0) is 12.7 Å². The molecule has 2 aromatic carbocycles. The van der Waals surface area contributed by atoms with Crippen molar-refractivity contribution in [2.45, 2.75) is 26.6 Å². The summed E-state index contributed by atoms with van der Waals surface area (Å²) < 4.78 is 54.6. The molecule has 3 rings (SSSR count). The molecule has 0 aliphatic carbocycles. The third-order valence-electron chi connectivity index (χ3n) is 4.45. The van der Waals surface area contributed by atoms with E-state index in [-0.39, 0.29) is 17.9 Å². The highest BCUT2D eigenvalue weighted by Gasteiger charge is 2.34.